The minimum Gasteiger partial charge on any atom is -0.477 e. The SMILES string of the molecule is Cl.O=C(O)C(F)(F)C1CCCCN1. The third kappa shape index (κ3) is 2.77. The van der Waals surface area contributed by atoms with Crippen molar-refractivity contribution in [1.29, 1.82) is 0 Å². The quantitative estimate of drug-likeness (QED) is 0.730. The van der Waals surface area contributed by atoms with E-state index in [1.165, 1.54) is 0 Å². The second-order valence-electron chi connectivity index (χ2n) is 2.93. The predicted molar refractivity (Wildman–Crippen MR) is 45.5 cm³/mol. The molecule has 0 bridgehead atoms. The summed E-state index contributed by atoms with van der Waals surface area (Å²) in [5.41, 5.74) is 0. The van der Waals surface area contributed by atoms with Gasteiger partial charge in [0.25, 0.3) is 0 Å². The van der Waals surface area contributed by atoms with Gasteiger partial charge in [-0.05, 0) is 19.4 Å². The number of carboxylic acids is 1. The van der Waals surface area contributed by atoms with E-state index in [2.05, 4.69) is 5.32 Å². The van der Waals surface area contributed by atoms with Gasteiger partial charge in [0, 0.05) is 0 Å². The highest BCUT2D eigenvalue weighted by Crippen LogP contribution is 2.24. The minimum atomic E-state index is -3.62. The van der Waals surface area contributed by atoms with Crippen molar-refractivity contribution in [3.05, 3.63) is 0 Å². The molecule has 1 saturated heterocycles. The summed E-state index contributed by atoms with van der Waals surface area (Å²) < 4.78 is 25.5. The van der Waals surface area contributed by atoms with Crippen LogP contribution in [0.3, 0.4) is 0 Å². The van der Waals surface area contributed by atoms with Crippen LogP contribution in [0, 0.1) is 0 Å². The Morgan fingerprint density at radius 1 is 1.46 bits per heavy atom. The van der Waals surface area contributed by atoms with Crippen LogP contribution < -0.4 is 5.32 Å². The van der Waals surface area contributed by atoms with E-state index in [0.29, 0.717) is 13.0 Å². The number of carbonyl (C=O) groups is 1. The molecule has 13 heavy (non-hydrogen) atoms. The summed E-state index contributed by atoms with van der Waals surface area (Å²) in [7, 11) is 0. The van der Waals surface area contributed by atoms with Crippen molar-refractivity contribution in [3.63, 3.8) is 0 Å². The van der Waals surface area contributed by atoms with Crippen molar-refractivity contribution in [1.82, 2.24) is 5.32 Å². The van der Waals surface area contributed by atoms with Crippen molar-refractivity contribution in [2.24, 2.45) is 0 Å². The molecular formula is C7H12ClF2NO2. The lowest BCUT2D eigenvalue weighted by molar-refractivity contribution is -0.170. The molecule has 6 heteroatoms. The van der Waals surface area contributed by atoms with Gasteiger partial charge in [0.1, 0.15) is 0 Å². The van der Waals surface area contributed by atoms with Crippen LogP contribution in [0.25, 0.3) is 0 Å². The van der Waals surface area contributed by atoms with E-state index in [4.69, 9.17) is 5.11 Å². The van der Waals surface area contributed by atoms with E-state index >= 15 is 0 Å². The Labute approximate surface area is 80.9 Å². The lowest BCUT2D eigenvalue weighted by Crippen LogP contribution is -2.51. The van der Waals surface area contributed by atoms with Crippen LogP contribution in [0.15, 0.2) is 0 Å². The zero-order valence-electron chi connectivity index (χ0n) is 6.93. The first-order chi connectivity index (χ1) is 5.55. The van der Waals surface area contributed by atoms with Gasteiger partial charge in [0.2, 0.25) is 0 Å². The molecule has 0 amide bonds. The fraction of sp³-hybridized carbons (Fsp3) is 0.857. The summed E-state index contributed by atoms with van der Waals surface area (Å²) in [5, 5.41) is 10.7. The Morgan fingerprint density at radius 2 is 2.08 bits per heavy atom. The second kappa shape index (κ2) is 4.72. The largest absolute Gasteiger partial charge is 0.477 e. The van der Waals surface area contributed by atoms with Gasteiger partial charge in [0.05, 0.1) is 6.04 Å². The van der Waals surface area contributed by atoms with Gasteiger partial charge in [-0.15, -0.1) is 12.4 Å². The highest BCUT2D eigenvalue weighted by atomic mass is 35.5. The molecule has 0 aliphatic carbocycles. The van der Waals surface area contributed by atoms with Crippen LogP contribution in [0.1, 0.15) is 19.3 Å². The molecule has 3 nitrogen and oxygen atoms in total. The van der Waals surface area contributed by atoms with Crippen molar-refractivity contribution < 1.29 is 18.7 Å². The minimum absolute atomic E-state index is 0. The summed E-state index contributed by atoms with van der Waals surface area (Å²) in [5.74, 6) is -5.66. The lowest BCUT2D eigenvalue weighted by atomic mass is 9.99. The molecule has 0 spiro atoms. The molecule has 0 aromatic carbocycles. The van der Waals surface area contributed by atoms with Crippen LogP contribution >= 0.6 is 12.4 Å². The van der Waals surface area contributed by atoms with Crippen molar-refractivity contribution >= 4 is 18.4 Å². The maximum absolute atomic E-state index is 12.8. The van der Waals surface area contributed by atoms with Gasteiger partial charge in [-0.2, -0.15) is 8.78 Å². The highest BCUT2D eigenvalue weighted by molar-refractivity contribution is 5.85. The molecule has 0 saturated carbocycles. The third-order valence-corrected chi connectivity index (χ3v) is 2.03. The van der Waals surface area contributed by atoms with Crippen molar-refractivity contribution in [2.75, 3.05) is 6.54 Å². The number of halogens is 3. The van der Waals surface area contributed by atoms with Crippen LogP contribution in [0.5, 0.6) is 0 Å². The molecule has 1 atom stereocenters. The van der Waals surface area contributed by atoms with Gasteiger partial charge in [0.15, 0.2) is 0 Å². The van der Waals surface area contributed by atoms with Crippen LogP contribution in [-0.2, 0) is 4.79 Å². The molecule has 2 N–H and O–H groups in total. The number of hydrogen-bond donors (Lipinski definition) is 2. The average molecular weight is 216 g/mol. The van der Waals surface area contributed by atoms with E-state index in [1.807, 2.05) is 0 Å². The smallest absolute Gasteiger partial charge is 0.376 e. The Bertz CT molecular complexity index is 183. The fourth-order valence-corrected chi connectivity index (χ4v) is 1.31. The summed E-state index contributed by atoms with van der Waals surface area (Å²) in [4.78, 5) is 10.1. The predicted octanol–water partition coefficient (Wildman–Crippen LogP) is 1.27. The monoisotopic (exact) mass is 215 g/mol. The molecule has 1 unspecified atom stereocenters. The summed E-state index contributed by atoms with van der Waals surface area (Å²) in [6, 6.07) is -1.19. The van der Waals surface area contributed by atoms with Gasteiger partial charge >= 0.3 is 11.9 Å². The maximum atomic E-state index is 12.8. The summed E-state index contributed by atoms with van der Waals surface area (Å²) in [6.07, 6.45) is 1.74. The third-order valence-electron chi connectivity index (χ3n) is 2.03. The molecule has 1 fully saturated rings. The summed E-state index contributed by atoms with van der Waals surface area (Å²) in [6.45, 7) is 0.480. The highest BCUT2D eigenvalue weighted by Gasteiger charge is 2.47. The molecule has 78 valence electrons. The standard InChI is InChI=1S/C7H11F2NO2.ClH/c8-7(9,6(11)12)5-3-1-2-4-10-5;/h5,10H,1-4H2,(H,11,12);1H. The Balaban J connectivity index is 0.00000144. The topological polar surface area (TPSA) is 49.3 Å². The van der Waals surface area contributed by atoms with E-state index in [1.54, 1.807) is 0 Å². The molecule has 1 heterocycles. The lowest BCUT2D eigenvalue weighted by Gasteiger charge is -2.27. The zero-order chi connectivity index (χ0) is 9.19. The number of alkyl halides is 2. The number of nitrogens with one attached hydrogen (secondary N) is 1. The average Bonchev–Trinajstić information content (AvgIpc) is 2.06. The number of piperidine rings is 1. The molecule has 1 aliphatic heterocycles. The van der Waals surface area contributed by atoms with Crippen molar-refractivity contribution in [3.8, 4) is 0 Å². The first-order valence-corrected chi connectivity index (χ1v) is 3.89. The molecule has 1 aliphatic rings. The first-order valence-electron chi connectivity index (χ1n) is 3.89. The second-order valence-corrected chi connectivity index (χ2v) is 2.93. The van der Waals surface area contributed by atoms with Gasteiger partial charge in [-0.25, -0.2) is 4.79 Å². The number of hydrogen-bond acceptors (Lipinski definition) is 2. The Morgan fingerprint density at radius 3 is 2.46 bits per heavy atom. The van der Waals surface area contributed by atoms with Crippen molar-refractivity contribution in [2.45, 2.75) is 31.2 Å². The van der Waals surface area contributed by atoms with E-state index < -0.39 is 17.9 Å². The zero-order valence-corrected chi connectivity index (χ0v) is 7.74. The van der Waals surface area contributed by atoms with Gasteiger partial charge in [-0.3, -0.25) is 0 Å². The molecule has 0 aromatic heterocycles. The normalized spacial score (nSPS) is 23.4. The fourth-order valence-electron chi connectivity index (χ4n) is 1.31. The number of carboxylic acid groups (broad SMARTS) is 1. The number of rotatable bonds is 2. The molecular weight excluding hydrogens is 204 g/mol. The van der Waals surface area contributed by atoms with Crippen LogP contribution in [0.2, 0.25) is 0 Å². The Kier molecular flexibility index (Phi) is 4.56. The summed E-state index contributed by atoms with van der Waals surface area (Å²) >= 11 is 0. The van der Waals surface area contributed by atoms with Gasteiger partial charge in [-0.1, -0.05) is 6.42 Å². The maximum Gasteiger partial charge on any atom is 0.376 e. The first kappa shape index (κ1) is 12.6. The van der Waals surface area contributed by atoms with Gasteiger partial charge < -0.3 is 10.4 Å². The molecule has 1 rings (SSSR count). The number of aliphatic carboxylic acids is 1. The molecule has 0 aromatic rings. The van der Waals surface area contributed by atoms with Crippen LogP contribution in [-0.4, -0.2) is 29.6 Å². The molecule has 0 radical (unpaired) electrons. The Hall–Kier alpha value is -0.420. The van der Waals surface area contributed by atoms with E-state index in [-0.39, 0.29) is 18.8 Å². The van der Waals surface area contributed by atoms with E-state index in [9.17, 15) is 13.6 Å². The van der Waals surface area contributed by atoms with Crippen LogP contribution in [0.4, 0.5) is 8.78 Å². The van der Waals surface area contributed by atoms with E-state index in [0.717, 1.165) is 6.42 Å².